The van der Waals surface area contributed by atoms with Crippen molar-refractivity contribution in [2.24, 2.45) is 0 Å². The highest BCUT2D eigenvalue weighted by Crippen LogP contribution is 2.12. The van der Waals surface area contributed by atoms with Gasteiger partial charge in [-0.25, -0.2) is 0 Å². The number of rotatable bonds is 5. The highest BCUT2D eigenvalue weighted by molar-refractivity contribution is 5.20. The number of benzene rings is 1. The van der Waals surface area contributed by atoms with Gasteiger partial charge in [-0.3, -0.25) is 0 Å². The summed E-state index contributed by atoms with van der Waals surface area (Å²) in [5.74, 6) is 0.771. The molecule has 1 aromatic carbocycles. The summed E-state index contributed by atoms with van der Waals surface area (Å²) >= 11 is 0. The largest absolute Gasteiger partial charge is 0.405 e. The van der Waals surface area contributed by atoms with Gasteiger partial charge in [0, 0.05) is 6.54 Å². The molecule has 0 N–H and O–H groups in total. The van der Waals surface area contributed by atoms with Crippen LogP contribution in [0.5, 0.6) is 5.75 Å². The Morgan fingerprint density at radius 3 is 2.60 bits per heavy atom. The van der Waals surface area contributed by atoms with Crippen LogP contribution in [0.15, 0.2) is 30.3 Å². The van der Waals surface area contributed by atoms with Gasteiger partial charge in [0.05, 0.1) is 6.07 Å². The van der Waals surface area contributed by atoms with E-state index >= 15 is 0 Å². The molecule has 0 spiro atoms. The van der Waals surface area contributed by atoms with Crippen molar-refractivity contribution in [1.29, 1.82) is 5.26 Å². The molecule has 80 valence electrons. The third kappa shape index (κ3) is 3.61. The minimum atomic E-state index is -0.231. The Hall–Kier alpha value is -1.53. The van der Waals surface area contributed by atoms with Gasteiger partial charge in [0.15, 0.2) is 0 Å². The molecule has 1 aromatic rings. The van der Waals surface area contributed by atoms with E-state index in [1.807, 2.05) is 37.3 Å². The molecule has 3 nitrogen and oxygen atoms in total. The predicted octanol–water partition coefficient (Wildman–Crippen LogP) is 2.60. The van der Waals surface area contributed by atoms with E-state index in [0.717, 1.165) is 18.7 Å². The Kier molecular flexibility index (Phi) is 4.65. The van der Waals surface area contributed by atoms with Gasteiger partial charge in [0.2, 0.25) is 0 Å². The highest BCUT2D eigenvalue weighted by Gasteiger charge is 2.13. The Morgan fingerprint density at radius 1 is 1.40 bits per heavy atom. The van der Waals surface area contributed by atoms with Gasteiger partial charge in [0.25, 0.3) is 0 Å². The van der Waals surface area contributed by atoms with Crippen LogP contribution in [0.2, 0.25) is 0 Å². The molecule has 0 saturated carbocycles. The molecule has 0 fully saturated rings. The highest BCUT2D eigenvalue weighted by atomic mass is 16.7. The topological polar surface area (TPSA) is 36.3 Å². The van der Waals surface area contributed by atoms with Crippen molar-refractivity contribution < 1.29 is 4.84 Å². The van der Waals surface area contributed by atoms with Gasteiger partial charge < -0.3 is 4.84 Å². The molecule has 0 amide bonds. The zero-order chi connectivity index (χ0) is 11.1. The summed E-state index contributed by atoms with van der Waals surface area (Å²) < 4.78 is 0. The van der Waals surface area contributed by atoms with E-state index in [4.69, 9.17) is 10.1 Å². The quantitative estimate of drug-likeness (QED) is 0.692. The van der Waals surface area contributed by atoms with Crippen LogP contribution in [0.1, 0.15) is 20.3 Å². The van der Waals surface area contributed by atoms with Crippen LogP contribution >= 0.6 is 0 Å². The third-order valence-corrected chi connectivity index (χ3v) is 2.03. The first kappa shape index (κ1) is 11.5. The van der Waals surface area contributed by atoms with E-state index in [1.54, 1.807) is 5.06 Å². The molecule has 0 aliphatic heterocycles. The van der Waals surface area contributed by atoms with Crippen LogP contribution < -0.4 is 4.84 Å². The Morgan fingerprint density at radius 2 is 2.07 bits per heavy atom. The van der Waals surface area contributed by atoms with Gasteiger partial charge in [-0.05, 0) is 25.5 Å². The number of hydrogen-bond acceptors (Lipinski definition) is 3. The van der Waals surface area contributed by atoms with Crippen LogP contribution in [0.25, 0.3) is 0 Å². The van der Waals surface area contributed by atoms with E-state index < -0.39 is 0 Å². The molecule has 0 aliphatic rings. The fourth-order valence-electron chi connectivity index (χ4n) is 1.22. The molecule has 1 rings (SSSR count). The maximum Gasteiger partial charge on any atom is 0.147 e. The average Bonchev–Trinajstić information content (AvgIpc) is 2.29. The predicted molar refractivity (Wildman–Crippen MR) is 59.1 cm³/mol. The van der Waals surface area contributed by atoms with Crippen molar-refractivity contribution in [2.75, 3.05) is 6.54 Å². The maximum atomic E-state index is 8.84. The molecule has 0 bridgehead atoms. The van der Waals surface area contributed by atoms with Crippen molar-refractivity contribution in [3.8, 4) is 11.8 Å². The summed E-state index contributed by atoms with van der Waals surface area (Å²) in [4.78, 5) is 5.62. The normalized spacial score (nSPS) is 12.1. The number of hydroxylamine groups is 2. The van der Waals surface area contributed by atoms with Crippen molar-refractivity contribution in [1.82, 2.24) is 5.06 Å². The number of nitriles is 1. The van der Waals surface area contributed by atoms with E-state index in [9.17, 15) is 0 Å². The van der Waals surface area contributed by atoms with E-state index in [-0.39, 0.29) is 6.04 Å². The summed E-state index contributed by atoms with van der Waals surface area (Å²) in [5.41, 5.74) is 0. The van der Waals surface area contributed by atoms with Crippen molar-refractivity contribution >= 4 is 0 Å². The van der Waals surface area contributed by atoms with Gasteiger partial charge >= 0.3 is 0 Å². The average molecular weight is 204 g/mol. The van der Waals surface area contributed by atoms with Crippen LogP contribution in [0.4, 0.5) is 0 Å². The first-order chi connectivity index (χ1) is 7.27. The Bertz CT molecular complexity index is 318. The molecule has 1 atom stereocenters. The summed E-state index contributed by atoms with van der Waals surface area (Å²) in [6.07, 6.45) is 0.957. The molecular weight excluding hydrogens is 188 g/mol. The second kappa shape index (κ2) is 6.05. The number of hydrogen-bond donors (Lipinski definition) is 0. The van der Waals surface area contributed by atoms with Gasteiger partial charge in [-0.1, -0.05) is 25.1 Å². The van der Waals surface area contributed by atoms with Gasteiger partial charge in [-0.2, -0.15) is 5.26 Å². The molecule has 15 heavy (non-hydrogen) atoms. The monoisotopic (exact) mass is 204 g/mol. The molecule has 0 aromatic heterocycles. The molecular formula is C12H16N2O. The van der Waals surface area contributed by atoms with Gasteiger partial charge in [-0.15, -0.1) is 5.06 Å². The smallest absolute Gasteiger partial charge is 0.147 e. The van der Waals surface area contributed by atoms with E-state index in [1.165, 1.54) is 0 Å². The molecule has 0 saturated heterocycles. The fraction of sp³-hybridized carbons (Fsp3) is 0.417. The minimum Gasteiger partial charge on any atom is -0.405 e. The maximum absolute atomic E-state index is 8.84. The summed E-state index contributed by atoms with van der Waals surface area (Å²) in [5, 5.41) is 10.5. The lowest BCUT2D eigenvalue weighted by molar-refractivity contribution is -0.0743. The van der Waals surface area contributed by atoms with Crippen LogP contribution in [0, 0.1) is 11.3 Å². The second-order valence-corrected chi connectivity index (χ2v) is 3.35. The molecule has 0 aliphatic carbocycles. The minimum absolute atomic E-state index is 0.231. The number of para-hydroxylation sites is 1. The number of nitrogens with zero attached hydrogens (tertiary/aromatic N) is 2. The first-order valence-corrected chi connectivity index (χ1v) is 5.17. The second-order valence-electron chi connectivity index (χ2n) is 3.35. The fourth-order valence-corrected chi connectivity index (χ4v) is 1.22. The zero-order valence-electron chi connectivity index (χ0n) is 9.18. The summed E-state index contributed by atoms with van der Waals surface area (Å²) in [6, 6.07) is 11.5. The Labute approximate surface area is 90.8 Å². The van der Waals surface area contributed by atoms with E-state index in [0.29, 0.717) is 0 Å². The third-order valence-electron chi connectivity index (χ3n) is 2.03. The van der Waals surface area contributed by atoms with Crippen molar-refractivity contribution in [3.63, 3.8) is 0 Å². The molecule has 0 radical (unpaired) electrons. The first-order valence-electron chi connectivity index (χ1n) is 5.17. The summed E-state index contributed by atoms with van der Waals surface area (Å²) in [7, 11) is 0. The lowest BCUT2D eigenvalue weighted by Gasteiger charge is -2.23. The van der Waals surface area contributed by atoms with Crippen molar-refractivity contribution in [3.05, 3.63) is 30.3 Å². The van der Waals surface area contributed by atoms with Crippen molar-refractivity contribution in [2.45, 2.75) is 26.3 Å². The van der Waals surface area contributed by atoms with Crippen LogP contribution in [0.3, 0.4) is 0 Å². The summed E-state index contributed by atoms with van der Waals surface area (Å²) in [6.45, 7) is 4.65. The molecule has 3 heteroatoms. The van der Waals surface area contributed by atoms with Crippen LogP contribution in [-0.2, 0) is 0 Å². The lowest BCUT2D eigenvalue weighted by Crippen LogP contribution is -2.35. The SMILES string of the molecule is CCCN(Oc1ccccc1)C(C)C#N. The van der Waals surface area contributed by atoms with Crippen LogP contribution in [-0.4, -0.2) is 17.6 Å². The zero-order valence-corrected chi connectivity index (χ0v) is 9.18. The standard InChI is InChI=1S/C12H16N2O/c1-3-9-14(11(2)10-13)15-12-7-5-4-6-8-12/h4-8,11H,3,9H2,1-2H3. The van der Waals surface area contributed by atoms with E-state index in [2.05, 4.69) is 13.0 Å². The molecule has 1 unspecified atom stereocenters. The molecule has 0 heterocycles. The Balaban J connectivity index is 2.63. The van der Waals surface area contributed by atoms with Gasteiger partial charge in [0.1, 0.15) is 11.8 Å². The lowest BCUT2D eigenvalue weighted by atomic mass is 10.3.